The summed E-state index contributed by atoms with van der Waals surface area (Å²) in [6, 6.07) is 26.2. The summed E-state index contributed by atoms with van der Waals surface area (Å²) >= 11 is 0. The lowest BCUT2D eigenvalue weighted by atomic mass is 9.92. The van der Waals surface area contributed by atoms with Crippen molar-refractivity contribution in [3.63, 3.8) is 0 Å². The van der Waals surface area contributed by atoms with Gasteiger partial charge in [-0.1, -0.05) is 48.5 Å². The largest absolute Gasteiger partial charge is 0.416 e. The van der Waals surface area contributed by atoms with E-state index >= 15 is 0 Å². The molecule has 0 unspecified atom stereocenters. The van der Waals surface area contributed by atoms with Crippen molar-refractivity contribution in [3.05, 3.63) is 114 Å². The standard InChI is InChI=1S/C39H36F3N5O3S/c1-45-20-18-29(19-21-45)46(2)38(48)27-14-12-25(13-15-27)33-24-43-37-36(35(33)26-8-5-4-6-9-26)32-23-30(16-17-34(32)44-37)47(3)51(49,50)31-11-7-10-28(22-31)39(40,41)42/h4-17,22-24,29H,18-21H2,1-3H3,(H,43,44). The topological polar surface area (TPSA) is 89.6 Å². The molecule has 1 aliphatic rings. The number of alkyl halides is 3. The second kappa shape index (κ2) is 13.2. The van der Waals surface area contributed by atoms with Crippen LogP contribution in [0.25, 0.3) is 44.2 Å². The number of aromatic amines is 1. The van der Waals surface area contributed by atoms with Gasteiger partial charge in [0, 0.05) is 59.3 Å². The molecule has 0 spiro atoms. The Balaban J connectivity index is 1.30. The van der Waals surface area contributed by atoms with Gasteiger partial charge in [-0.3, -0.25) is 9.10 Å². The predicted octanol–water partition coefficient (Wildman–Crippen LogP) is 8.06. The number of carbonyl (C=O) groups is 1. The van der Waals surface area contributed by atoms with Crippen molar-refractivity contribution in [2.24, 2.45) is 0 Å². The minimum Gasteiger partial charge on any atom is -0.339 e. The maximum absolute atomic E-state index is 13.6. The molecule has 1 saturated heterocycles. The Kier molecular flexibility index (Phi) is 8.84. The van der Waals surface area contributed by atoms with Crippen LogP contribution in [-0.4, -0.2) is 74.4 Å². The molecule has 1 N–H and O–H groups in total. The fourth-order valence-electron chi connectivity index (χ4n) is 6.84. The Hall–Kier alpha value is -5.20. The van der Waals surface area contributed by atoms with Crippen LogP contribution in [0.1, 0.15) is 28.8 Å². The van der Waals surface area contributed by atoms with E-state index in [1.165, 1.54) is 7.05 Å². The fraction of sp³-hybridized carbons (Fsp3) is 0.231. The van der Waals surface area contributed by atoms with Crippen LogP contribution in [0.15, 0.2) is 108 Å². The maximum atomic E-state index is 13.6. The molecule has 4 aromatic carbocycles. The zero-order chi connectivity index (χ0) is 36.1. The number of pyridine rings is 1. The zero-order valence-corrected chi connectivity index (χ0v) is 29.1. The highest BCUT2D eigenvalue weighted by Gasteiger charge is 2.33. The van der Waals surface area contributed by atoms with E-state index < -0.39 is 26.7 Å². The van der Waals surface area contributed by atoms with Crippen molar-refractivity contribution in [3.8, 4) is 22.3 Å². The van der Waals surface area contributed by atoms with Gasteiger partial charge >= 0.3 is 6.18 Å². The molecular weight excluding hydrogens is 676 g/mol. The summed E-state index contributed by atoms with van der Waals surface area (Å²) in [6.07, 6.45) is -1.04. The SMILES string of the molecule is CN1CCC(N(C)C(=O)c2ccc(-c3cnc4[nH]c5ccc(N(C)S(=O)(=O)c6cccc(C(F)(F)F)c6)cc5c4c3-c3ccccc3)cc2)CC1. The smallest absolute Gasteiger partial charge is 0.339 e. The first-order valence-electron chi connectivity index (χ1n) is 16.5. The molecule has 2 aromatic heterocycles. The first kappa shape index (κ1) is 34.3. The molecule has 0 radical (unpaired) electrons. The summed E-state index contributed by atoms with van der Waals surface area (Å²) in [5, 5.41) is 1.44. The average Bonchev–Trinajstić information content (AvgIpc) is 3.52. The highest BCUT2D eigenvalue weighted by Crippen LogP contribution is 2.42. The number of nitrogens with zero attached hydrogens (tertiary/aromatic N) is 4. The fourth-order valence-corrected chi connectivity index (χ4v) is 8.07. The van der Waals surface area contributed by atoms with Crippen molar-refractivity contribution in [1.29, 1.82) is 0 Å². The van der Waals surface area contributed by atoms with E-state index in [1.807, 2.05) is 66.5 Å². The quantitative estimate of drug-likeness (QED) is 0.181. The van der Waals surface area contributed by atoms with E-state index in [0.29, 0.717) is 28.2 Å². The van der Waals surface area contributed by atoms with Crippen LogP contribution in [0.4, 0.5) is 18.9 Å². The van der Waals surface area contributed by atoms with Gasteiger partial charge in [0.15, 0.2) is 0 Å². The number of sulfonamides is 1. The van der Waals surface area contributed by atoms with Gasteiger partial charge in [0.1, 0.15) is 5.65 Å². The molecule has 1 aliphatic heterocycles. The Morgan fingerprint density at radius 3 is 2.27 bits per heavy atom. The zero-order valence-electron chi connectivity index (χ0n) is 28.3. The van der Waals surface area contributed by atoms with E-state index in [4.69, 9.17) is 4.98 Å². The molecule has 1 fully saturated rings. The molecule has 0 aliphatic carbocycles. The lowest BCUT2D eigenvalue weighted by molar-refractivity contribution is -0.137. The summed E-state index contributed by atoms with van der Waals surface area (Å²) in [5.74, 6) is -0.0266. The van der Waals surface area contributed by atoms with Gasteiger partial charge in [-0.2, -0.15) is 13.2 Å². The van der Waals surface area contributed by atoms with Gasteiger partial charge in [-0.05, 0) is 92.6 Å². The highest BCUT2D eigenvalue weighted by molar-refractivity contribution is 7.92. The number of carbonyl (C=O) groups excluding carboxylic acids is 1. The van der Waals surface area contributed by atoms with E-state index in [0.717, 1.165) is 76.1 Å². The first-order chi connectivity index (χ1) is 24.3. The molecule has 3 heterocycles. The summed E-state index contributed by atoms with van der Waals surface area (Å²) in [6.45, 7) is 1.91. The molecule has 7 rings (SSSR count). The van der Waals surface area contributed by atoms with Crippen molar-refractivity contribution in [2.75, 3.05) is 38.5 Å². The summed E-state index contributed by atoms with van der Waals surface area (Å²) in [5.41, 5.74) is 4.52. The number of H-pyrrole nitrogens is 1. The van der Waals surface area contributed by atoms with Crippen molar-refractivity contribution < 1.29 is 26.4 Å². The normalized spacial score (nSPS) is 14.6. The number of amides is 1. The summed E-state index contributed by atoms with van der Waals surface area (Å²) in [4.78, 5) is 25.2. The second-order valence-corrected chi connectivity index (χ2v) is 15.0. The minimum atomic E-state index is -4.69. The van der Waals surface area contributed by atoms with E-state index in [9.17, 15) is 26.4 Å². The number of likely N-dealkylation sites (tertiary alicyclic amines) is 1. The third-order valence-electron chi connectivity index (χ3n) is 9.85. The number of fused-ring (bicyclic) bond motifs is 3. The van der Waals surface area contributed by atoms with E-state index in [2.05, 4.69) is 16.9 Å². The molecule has 8 nitrogen and oxygen atoms in total. The van der Waals surface area contributed by atoms with Crippen LogP contribution in [0, 0.1) is 0 Å². The van der Waals surface area contributed by atoms with E-state index in [-0.39, 0.29) is 17.6 Å². The number of rotatable bonds is 7. The summed E-state index contributed by atoms with van der Waals surface area (Å²) < 4.78 is 68.5. The maximum Gasteiger partial charge on any atom is 0.416 e. The molecular formula is C39H36F3N5O3S. The molecule has 0 bridgehead atoms. The predicted molar refractivity (Wildman–Crippen MR) is 194 cm³/mol. The number of hydrogen-bond acceptors (Lipinski definition) is 5. The second-order valence-electron chi connectivity index (χ2n) is 13.0. The minimum absolute atomic E-state index is 0.0266. The van der Waals surface area contributed by atoms with Crippen LogP contribution in [0.5, 0.6) is 0 Å². The van der Waals surface area contributed by atoms with Crippen LogP contribution < -0.4 is 4.31 Å². The van der Waals surface area contributed by atoms with E-state index in [1.54, 1.807) is 24.4 Å². The van der Waals surface area contributed by atoms with Gasteiger partial charge < -0.3 is 14.8 Å². The van der Waals surface area contributed by atoms with Gasteiger partial charge in [0.05, 0.1) is 16.1 Å². The Morgan fingerprint density at radius 2 is 1.59 bits per heavy atom. The number of halogens is 3. The van der Waals surface area contributed by atoms with Crippen LogP contribution in [-0.2, 0) is 16.2 Å². The number of benzene rings is 4. The Morgan fingerprint density at radius 1 is 0.882 bits per heavy atom. The van der Waals surface area contributed by atoms with Gasteiger partial charge in [0.2, 0.25) is 0 Å². The third-order valence-corrected chi connectivity index (χ3v) is 11.6. The number of nitrogens with one attached hydrogen (secondary N) is 1. The van der Waals surface area contributed by atoms with Crippen molar-refractivity contribution >= 4 is 43.6 Å². The molecule has 0 atom stereocenters. The average molecular weight is 712 g/mol. The highest BCUT2D eigenvalue weighted by atomic mass is 32.2. The number of piperidine rings is 1. The Bertz CT molecular complexity index is 2350. The van der Waals surface area contributed by atoms with Crippen molar-refractivity contribution in [1.82, 2.24) is 19.8 Å². The van der Waals surface area contributed by atoms with Gasteiger partial charge in [-0.15, -0.1) is 0 Å². The molecule has 12 heteroatoms. The number of anilines is 1. The monoisotopic (exact) mass is 711 g/mol. The molecule has 1 amide bonds. The number of aromatic nitrogens is 2. The molecule has 6 aromatic rings. The van der Waals surface area contributed by atoms with Gasteiger partial charge in [0.25, 0.3) is 15.9 Å². The van der Waals surface area contributed by atoms with Crippen LogP contribution in [0.3, 0.4) is 0 Å². The number of hydrogen-bond donors (Lipinski definition) is 1. The van der Waals surface area contributed by atoms with Crippen LogP contribution in [0.2, 0.25) is 0 Å². The third kappa shape index (κ3) is 6.45. The molecule has 262 valence electrons. The summed E-state index contributed by atoms with van der Waals surface area (Å²) in [7, 11) is 0.933. The lowest BCUT2D eigenvalue weighted by Crippen LogP contribution is -2.44. The van der Waals surface area contributed by atoms with Crippen LogP contribution >= 0.6 is 0 Å². The Labute approximate surface area is 294 Å². The molecule has 0 saturated carbocycles. The van der Waals surface area contributed by atoms with Gasteiger partial charge in [-0.25, -0.2) is 13.4 Å². The lowest BCUT2D eigenvalue weighted by Gasteiger charge is -2.35. The first-order valence-corrected chi connectivity index (χ1v) is 18.0. The molecule has 51 heavy (non-hydrogen) atoms. The van der Waals surface area contributed by atoms with Crippen molar-refractivity contribution in [2.45, 2.75) is 30.0 Å².